The number of Topliss-reactive ketones (excluding diaryl/α,β-unsaturated/α-hetero) is 1. The third-order valence-electron chi connectivity index (χ3n) is 6.10. The van der Waals surface area contributed by atoms with Crippen LogP contribution in [0.2, 0.25) is 0 Å². The molecule has 0 saturated carbocycles. The van der Waals surface area contributed by atoms with Crippen LogP contribution in [-0.2, 0) is 16.0 Å². The number of hydrogen-bond donors (Lipinski definition) is 1. The molecule has 4 aromatic rings. The molecule has 0 radical (unpaired) electrons. The van der Waals surface area contributed by atoms with Gasteiger partial charge in [0.15, 0.2) is 5.13 Å². The number of benzene rings is 3. The van der Waals surface area contributed by atoms with Crippen LogP contribution in [0.1, 0.15) is 36.6 Å². The van der Waals surface area contributed by atoms with Crippen molar-refractivity contribution in [3.8, 4) is 5.75 Å². The van der Waals surface area contributed by atoms with Crippen LogP contribution in [0, 0.1) is 0 Å². The number of hydrogen-bond acceptors (Lipinski definition) is 6. The zero-order chi connectivity index (χ0) is 25.4. The summed E-state index contributed by atoms with van der Waals surface area (Å²) in [5.41, 5.74) is 3.06. The molecule has 3 aromatic carbocycles. The lowest BCUT2D eigenvalue weighted by Crippen LogP contribution is -2.29. The number of rotatable bonds is 6. The Balaban J connectivity index is 1.68. The zero-order valence-electron chi connectivity index (χ0n) is 19.7. The highest BCUT2D eigenvalue weighted by Crippen LogP contribution is 2.44. The van der Waals surface area contributed by atoms with E-state index in [0.717, 1.165) is 21.1 Å². The lowest BCUT2D eigenvalue weighted by Gasteiger charge is -2.23. The summed E-state index contributed by atoms with van der Waals surface area (Å²) in [6, 6.07) is 19.3. The first-order valence-corrected chi connectivity index (χ1v) is 13.2. The van der Waals surface area contributed by atoms with Crippen LogP contribution in [0.25, 0.3) is 16.0 Å². The lowest BCUT2D eigenvalue weighted by atomic mass is 9.95. The topological polar surface area (TPSA) is 79.7 Å². The fourth-order valence-corrected chi connectivity index (χ4v) is 5.81. The number of aryl methyl sites for hydroxylation is 1. The third kappa shape index (κ3) is 4.31. The quantitative estimate of drug-likeness (QED) is 0.162. The SMILES string of the molecule is CCOc1ccc(/C(O)=C2\C(=O)C(=O)N(c3nc4ccc(CC)cc4s3)[C@@H]2c2cccc(Br)c2)cc1. The molecule has 8 heteroatoms. The van der Waals surface area contributed by atoms with Gasteiger partial charge in [-0.25, -0.2) is 4.98 Å². The fourth-order valence-electron chi connectivity index (χ4n) is 4.33. The van der Waals surface area contributed by atoms with Gasteiger partial charge in [-0.3, -0.25) is 14.5 Å². The third-order valence-corrected chi connectivity index (χ3v) is 7.61. The summed E-state index contributed by atoms with van der Waals surface area (Å²) in [6.45, 7) is 4.48. The van der Waals surface area contributed by atoms with Crippen LogP contribution in [0.4, 0.5) is 5.13 Å². The average molecular weight is 563 g/mol. The van der Waals surface area contributed by atoms with Crippen LogP contribution in [0.15, 0.2) is 76.8 Å². The first kappa shape index (κ1) is 24.2. The predicted octanol–water partition coefficient (Wildman–Crippen LogP) is 6.65. The monoisotopic (exact) mass is 562 g/mol. The Morgan fingerprint density at radius 2 is 1.86 bits per heavy atom. The molecule has 1 fully saturated rings. The van der Waals surface area contributed by atoms with Gasteiger partial charge in [0, 0.05) is 10.0 Å². The summed E-state index contributed by atoms with van der Waals surface area (Å²) in [7, 11) is 0. The van der Waals surface area contributed by atoms with Crippen LogP contribution < -0.4 is 9.64 Å². The number of aliphatic hydroxyl groups excluding tert-OH is 1. The number of carbonyl (C=O) groups is 2. The molecule has 0 unspecified atom stereocenters. The van der Waals surface area contributed by atoms with Crippen LogP contribution >= 0.6 is 27.3 Å². The highest BCUT2D eigenvalue weighted by atomic mass is 79.9. The second kappa shape index (κ2) is 9.87. The summed E-state index contributed by atoms with van der Waals surface area (Å²) in [5, 5.41) is 11.7. The van der Waals surface area contributed by atoms with Gasteiger partial charge in [0.25, 0.3) is 5.78 Å². The number of fused-ring (bicyclic) bond motifs is 1. The maximum absolute atomic E-state index is 13.4. The number of anilines is 1. The molecule has 1 atom stereocenters. The maximum atomic E-state index is 13.4. The minimum Gasteiger partial charge on any atom is -0.507 e. The number of aromatic nitrogens is 1. The van der Waals surface area contributed by atoms with E-state index in [0.29, 0.717) is 28.6 Å². The van der Waals surface area contributed by atoms with Gasteiger partial charge in [-0.1, -0.05) is 52.4 Å². The first-order valence-electron chi connectivity index (χ1n) is 11.6. The Labute approximate surface area is 221 Å². The Morgan fingerprint density at radius 3 is 2.56 bits per heavy atom. The van der Waals surface area contributed by atoms with E-state index < -0.39 is 17.7 Å². The molecule has 1 aliphatic heterocycles. The van der Waals surface area contributed by atoms with E-state index >= 15 is 0 Å². The first-order chi connectivity index (χ1) is 17.4. The van der Waals surface area contributed by atoms with Crippen LogP contribution in [0.5, 0.6) is 5.75 Å². The normalized spacial score (nSPS) is 17.2. The Morgan fingerprint density at radius 1 is 1.08 bits per heavy atom. The van der Waals surface area contributed by atoms with Crippen molar-refractivity contribution in [1.29, 1.82) is 0 Å². The number of halogens is 1. The van der Waals surface area contributed by atoms with Crippen molar-refractivity contribution in [2.45, 2.75) is 26.3 Å². The van der Waals surface area contributed by atoms with Crippen molar-refractivity contribution in [2.75, 3.05) is 11.5 Å². The summed E-state index contributed by atoms with van der Waals surface area (Å²) in [5.74, 6) is -1.06. The summed E-state index contributed by atoms with van der Waals surface area (Å²) in [6.07, 6.45) is 0.883. The van der Waals surface area contributed by atoms with Gasteiger partial charge in [0.2, 0.25) is 0 Å². The number of aliphatic hydroxyl groups is 1. The second-order valence-corrected chi connectivity index (χ2v) is 10.3. The molecule has 1 amide bonds. The van der Waals surface area contributed by atoms with Gasteiger partial charge in [0.1, 0.15) is 11.5 Å². The number of amides is 1. The molecular formula is C28H23BrN2O4S. The van der Waals surface area contributed by atoms with Crippen molar-refractivity contribution < 1.29 is 19.4 Å². The van der Waals surface area contributed by atoms with Crippen molar-refractivity contribution in [3.63, 3.8) is 0 Å². The van der Waals surface area contributed by atoms with Crippen molar-refractivity contribution >= 4 is 60.1 Å². The van der Waals surface area contributed by atoms with Gasteiger partial charge in [-0.15, -0.1) is 0 Å². The molecule has 1 aromatic heterocycles. The number of nitrogens with zero attached hydrogens (tertiary/aromatic N) is 2. The van der Waals surface area contributed by atoms with Gasteiger partial charge in [-0.2, -0.15) is 0 Å². The summed E-state index contributed by atoms with van der Waals surface area (Å²) in [4.78, 5) is 32.9. The van der Waals surface area contributed by atoms with E-state index in [2.05, 4.69) is 28.9 Å². The van der Waals surface area contributed by atoms with Crippen molar-refractivity contribution in [2.24, 2.45) is 0 Å². The fraction of sp³-hybridized carbons (Fsp3) is 0.179. The number of ketones is 1. The van der Waals surface area contributed by atoms with Gasteiger partial charge >= 0.3 is 5.91 Å². The molecule has 1 N–H and O–H groups in total. The van der Waals surface area contributed by atoms with E-state index in [9.17, 15) is 14.7 Å². The molecule has 0 spiro atoms. The van der Waals surface area contributed by atoms with Gasteiger partial charge in [0.05, 0.1) is 28.4 Å². The molecule has 1 aliphatic rings. The standard InChI is InChI=1S/C28H23BrN2O4S/c1-3-16-8-13-21-22(14-16)36-28(30-21)31-24(18-6-5-7-19(29)15-18)23(26(33)27(31)34)25(32)17-9-11-20(12-10-17)35-4-2/h5-15,24,32H,3-4H2,1-2H3/b25-23+/t24-/m1/s1. The Kier molecular flexibility index (Phi) is 6.64. The second-order valence-electron chi connectivity index (χ2n) is 8.33. The number of ether oxygens (including phenoxy) is 1. The van der Waals surface area contributed by atoms with E-state index in [1.807, 2.05) is 43.3 Å². The predicted molar refractivity (Wildman–Crippen MR) is 146 cm³/mol. The zero-order valence-corrected chi connectivity index (χ0v) is 22.1. The van der Waals surface area contributed by atoms with E-state index in [4.69, 9.17) is 9.72 Å². The minimum absolute atomic E-state index is 0.0239. The van der Waals surface area contributed by atoms with Gasteiger partial charge < -0.3 is 9.84 Å². The summed E-state index contributed by atoms with van der Waals surface area (Å²) >= 11 is 4.85. The smallest absolute Gasteiger partial charge is 0.301 e. The lowest BCUT2D eigenvalue weighted by molar-refractivity contribution is -0.132. The number of carbonyl (C=O) groups excluding carboxylic acids is 2. The van der Waals surface area contributed by atoms with Gasteiger partial charge in [-0.05, 0) is 73.0 Å². The highest BCUT2D eigenvalue weighted by molar-refractivity contribution is 9.10. The summed E-state index contributed by atoms with van der Waals surface area (Å²) < 4.78 is 7.22. The molecule has 6 nitrogen and oxygen atoms in total. The molecule has 36 heavy (non-hydrogen) atoms. The molecule has 182 valence electrons. The van der Waals surface area contributed by atoms with E-state index in [1.165, 1.54) is 21.8 Å². The molecule has 1 saturated heterocycles. The average Bonchev–Trinajstić information content (AvgIpc) is 3.42. The maximum Gasteiger partial charge on any atom is 0.301 e. The molecule has 5 rings (SSSR count). The minimum atomic E-state index is -0.833. The Hall–Kier alpha value is -3.49. The van der Waals surface area contributed by atoms with Crippen LogP contribution in [-0.4, -0.2) is 28.4 Å². The van der Waals surface area contributed by atoms with E-state index in [1.54, 1.807) is 24.3 Å². The largest absolute Gasteiger partial charge is 0.507 e. The number of thiazole rings is 1. The molecule has 0 aliphatic carbocycles. The van der Waals surface area contributed by atoms with E-state index in [-0.39, 0.29) is 11.3 Å². The van der Waals surface area contributed by atoms with Crippen molar-refractivity contribution in [1.82, 2.24) is 4.98 Å². The molecule has 2 heterocycles. The molecule has 0 bridgehead atoms. The van der Waals surface area contributed by atoms with Crippen LogP contribution in [0.3, 0.4) is 0 Å². The molecular weight excluding hydrogens is 540 g/mol. The van der Waals surface area contributed by atoms with Crippen molar-refractivity contribution in [3.05, 3.63) is 93.5 Å². The highest BCUT2D eigenvalue weighted by Gasteiger charge is 2.48. The Bertz CT molecular complexity index is 1510.